The van der Waals surface area contributed by atoms with Crippen LogP contribution < -0.4 is 10.2 Å². The van der Waals surface area contributed by atoms with Crippen LogP contribution in [-0.4, -0.2) is 44.1 Å². The molecule has 0 atom stereocenters. The Kier molecular flexibility index (Phi) is 8.08. The molecule has 3 aromatic carbocycles. The molecular formula is C28H31NO6S. The molecule has 1 amide bonds. The van der Waals surface area contributed by atoms with E-state index < -0.39 is 20.5 Å². The SMILES string of the molecule is Cc1ccccc1-c1cccc(CCCOc2ccc(S(=O)(=O)C3(C(=O)NO)CCOCC3)cc2)c1. The fourth-order valence-electron chi connectivity index (χ4n) is 4.62. The minimum Gasteiger partial charge on any atom is -0.494 e. The van der Waals surface area contributed by atoms with Crippen LogP contribution in [0.1, 0.15) is 30.4 Å². The van der Waals surface area contributed by atoms with Gasteiger partial charge in [0, 0.05) is 13.2 Å². The molecule has 0 radical (unpaired) electrons. The van der Waals surface area contributed by atoms with Crippen LogP contribution in [0.25, 0.3) is 11.1 Å². The van der Waals surface area contributed by atoms with E-state index in [1.165, 1.54) is 39.9 Å². The largest absolute Gasteiger partial charge is 0.494 e. The summed E-state index contributed by atoms with van der Waals surface area (Å²) in [5, 5.41) is 9.17. The predicted molar refractivity (Wildman–Crippen MR) is 137 cm³/mol. The highest BCUT2D eigenvalue weighted by atomic mass is 32.2. The first-order chi connectivity index (χ1) is 17.4. The summed E-state index contributed by atoms with van der Waals surface area (Å²) in [6, 6.07) is 22.9. The number of hydrogen-bond acceptors (Lipinski definition) is 6. The molecule has 1 saturated heterocycles. The molecule has 0 aromatic heterocycles. The van der Waals surface area contributed by atoms with E-state index in [4.69, 9.17) is 14.7 Å². The first kappa shape index (κ1) is 25.9. The van der Waals surface area contributed by atoms with Crippen molar-refractivity contribution in [3.05, 3.63) is 83.9 Å². The Hall–Kier alpha value is -3.20. The highest BCUT2D eigenvalue weighted by molar-refractivity contribution is 7.93. The van der Waals surface area contributed by atoms with Crippen LogP contribution in [0.3, 0.4) is 0 Å². The first-order valence-electron chi connectivity index (χ1n) is 12.0. The summed E-state index contributed by atoms with van der Waals surface area (Å²) in [6.07, 6.45) is 1.61. The van der Waals surface area contributed by atoms with Crippen LogP contribution in [0.2, 0.25) is 0 Å². The molecule has 0 aliphatic carbocycles. The van der Waals surface area contributed by atoms with Gasteiger partial charge < -0.3 is 9.47 Å². The number of carbonyl (C=O) groups is 1. The van der Waals surface area contributed by atoms with Gasteiger partial charge in [-0.1, -0.05) is 48.5 Å². The third-order valence-corrected chi connectivity index (χ3v) is 9.24. The van der Waals surface area contributed by atoms with E-state index in [1.807, 2.05) is 12.1 Å². The molecule has 0 spiro atoms. The number of nitrogens with one attached hydrogen (secondary N) is 1. The number of ether oxygens (including phenoxy) is 2. The Balaban J connectivity index is 1.36. The molecule has 8 heteroatoms. The van der Waals surface area contributed by atoms with E-state index in [2.05, 4.69) is 43.3 Å². The molecule has 0 saturated carbocycles. The van der Waals surface area contributed by atoms with Crippen molar-refractivity contribution in [2.75, 3.05) is 19.8 Å². The molecule has 0 unspecified atom stereocenters. The number of amides is 1. The lowest BCUT2D eigenvalue weighted by atomic mass is 9.98. The Morgan fingerprint density at radius 1 is 1.03 bits per heavy atom. The van der Waals surface area contributed by atoms with Crippen molar-refractivity contribution in [2.45, 2.75) is 42.2 Å². The van der Waals surface area contributed by atoms with Gasteiger partial charge in [0.05, 0.1) is 11.5 Å². The van der Waals surface area contributed by atoms with E-state index in [1.54, 1.807) is 12.1 Å². The third-order valence-electron chi connectivity index (χ3n) is 6.73. The number of carbonyl (C=O) groups excluding carboxylic acids is 1. The van der Waals surface area contributed by atoms with Crippen molar-refractivity contribution >= 4 is 15.7 Å². The van der Waals surface area contributed by atoms with Gasteiger partial charge in [-0.25, -0.2) is 13.9 Å². The Morgan fingerprint density at radius 2 is 1.75 bits per heavy atom. The van der Waals surface area contributed by atoms with Crippen molar-refractivity contribution in [3.63, 3.8) is 0 Å². The standard InChI is InChI=1S/C28H31NO6S/c1-21-6-2-3-10-26(21)23-9-4-7-22(20-23)8-5-17-35-24-11-13-25(14-12-24)36(32,33)28(27(30)29-31)15-18-34-19-16-28/h2-4,6-7,9-14,20,31H,5,8,15-19H2,1H3,(H,29,30). The summed E-state index contributed by atoms with van der Waals surface area (Å²) in [5.41, 5.74) is 6.41. The van der Waals surface area contributed by atoms with Crippen LogP contribution in [0.15, 0.2) is 77.7 Å². The number of sulfone groups is 1. The topological polar surface area (TPSA) is 102 Å². The third kappa shape index (κ3) is 5.31. The highest BCUT2D eigenvalue weighted by Crippen LogP contribution is 2.35. The summed E-state index contributed by atoms with van der Waals surface area (Å²) in [7, 11) is -4.05. The summed E-state index contributed by atoms with van der Waals surface area (Å²) in [5.74, 6) is -0.382. The van der Waals surface area contributed by atoms with Crippen LogP contribution in [0, 0.1) is 6.92 Å². The summed E-state index contributed by atoms with van der Waals surface area (Å²) < 4.78 is 36.0. The number of benzene rings is 3. The molecule has 1 fully saturated rings. The summed E-state index contributed by atoms with van der Waals surface area (Å²) in [4.78, 5) is 12.4. The highest BCUT2D eigenvalue weighted by Gasteiger charge is 2.52. The van der Waals surface area contributed by atoms with Crippen LogP contribution >= 0.6 is 0 Å². The van der Waals surface area contributed by atoms with Gasteiger partial charge in [-0.15, -0.1) is 0 Å². The molecule has 3 aromatic rings. The van der Waals surface area contributed by atoms with E-state index >= 15 is 0 Å². The molecule has 1 heterocycles. The van der Waals surface area contributed by atoms with Crippen molar-refractivity contribution in [1.82, 2.24) is 5.48 Å². The lowest BCUT2D eigenvalue weighted by Gasteiger charge is -2.34. The second kappa shape index (κ2) is 11.2. The number of rotatable bonds is 9. The second-order valence-electron chi connectivity index (χ2n) is 8.99. The van der Waals surface area contributed by atoms with Crippen molar-refractivity contribution in [3.8, 4) is 16.9 Å². The lowest BCUT2D eigenvalue weighted by Crippen LogP contribution is -2.54. The molecule has 0 bridgehead atoms. The van der Waals surface area contributed by atoms with Gasteiger partial charge in [-0.05, 0) is 79.1 Å². The Bertz CT molecular complexity index is 1300. The Morgan fingerprint density at radius 3 is 2.44 bits per heavy atom. The average Bonchev–Trinajstić information content (AvgIpc) is 2.91. The molecule has 1 aliphatic heterocycles. The quantitative estimate of drug-likeness (QED) is 0.250. The van der Waals surface area contributed by atoms with Gasteiger partial charge in [0.1, 0.15) is 5.75 Å². The lowest BCUT2D eigenvalue weighted by molar-refractivity contribution is -0.134. The van der Waals surface area contributed by atoms with Crippen molar-refractivity contribution in [1.29, 1.82) is 0 Å². The molecular weight excluding hydrogens is 478 g/mol. The molecule has 4 rings (SSSR count). The van der Waals surface area contributed by atoms with Gasteiger partial charge in [0.2, 0.25) is 0 Å². The number of aryl methyl sites for hydroxylation is 2. The van der Waals surface area contributed by atoms with E-state index in [0.717, 1.165) is 12.8 Å². The molecule has 2 N–H and O–H groups in total. The maximum absolute atomic E-state index is 13.3. The molecule has 1 aliphatic rings. The molecule has 36 heavy (non-hydrogen) atoms. The van der Waals surface area contributed by atoms with Gasteiger partial charge in [-0.2, -0.15) is 0 Å². The van der Waals surface area contributed by atoms with Gasteiger partial charge >= 0.3 is 0 Å². The van der Waals surface area contributed by atoms with Gasteiger partial charge in [-0.3, -0.25) is 10.0 Å². The average molecular weight is 510 g/mol. The zero-order valence-electron chi connectivity index (χ0n) is 20.3. The Labute approximate surface area is 212 Å². The van der Waals surface area contributed by atoms with Crippen molar-refractivity contribution < 1.29 is 27.9 Å². The minimum atomic E-state index is -4.05. The monoisotopic (exact) mass is 509 g/mol. The smallest absolute Gasteiger partial charge is 0.265 e. The van der Waals surface area contributed by atoms with Gasteiger partial charge in [0.25, 0.3) is 5.91 Å². The van der Waals surface area contributed by atoms with Crippen LogP contribution in [-0.2, 0) is 25.8 Å². The zero-order chi connectivity index (χ0) is 25.6. The van der Waals surface area contributed by atoms with E-state index in [9.17, 15) is 13.2 Å². The predicted octanol–water partition coefficient (Wildman–Crippen LogP) is 4.50. The number of hydrogen-bond donors (Lipinski definition) is 2. The van der Waals surface area contributed by atoms with Crippen molar-refractivity contribution in [2.24, 2.45) is 0 Å². The van der Waals surface area contributed by atoms with Gasteiger partial charge in [0.15, 0.2) is 14.6 Å². The fraction of sp³-hybridized carbons (Fsp3) is 0.321. The summed E-state index contributed by atoms with van der Waals surface area (Å²) in [6.45, 7) is 2.84. The van der Waals surface area contributed by atoms with E-state index in [0.29, 0.717) is 12.4 Å². The van der Waals surface area contributed by atoms with Crippen LogP contribution in [0.4, 0.5) is 0 Å². The number of hydroxylamine groups is 1. The second-order valence-corrected chi connectivity index (χ2v) is 11.2. The maximum atomic E-state index is 13.3. The van der Waals surface area contributed by atoms with Crippen LogP contribution in [0.5, 0.6) is 5.75 Å². The van der Waals surface area contributed by atoms with E-state index in [-0.39, 0.29) is 31.0 Å². The normalized spacial score (nSPS) is 15.3. The first-order valence-corrected chi connectivity index (χ1v) is 13.5. The maximum Gasteiger partial charge on any atom is 0.265 e. The summed E-state index contributed by atoms with van der Waals surface area (Å²) >= 11 is 0. The molecule has 190 valence electrons. The molecule has 7 nitrogen and oxygen atoms in total. The fourth-order valence-corrected chi connectivity index (χ4v) is 6.56. The zero-order valence-corrected chi connectivity index (χ0v) is 21.1. The minimum absolute atomic E-state index is 0.00775.